The van der Waals surface area contributed by atoms with E-state index >= 15 is 0 Å². The van der Waals surface area contributed by atoms with Crippen molar-refractivity contribution >= 4 is 17.7 Å². The molecule has 0 atom stereocenters. The minimum atomic E-state index is -0.952. The summed E-state index contributed by atoms with van der Waals surface area (Å²) < 4.78 is 0. The van der Waals surface area contributed by atoms with Crippen molar-refractivity contribution in [2.75, 3.05) is 31.1 Å². The molecule has 1 fully saturated rings. The van der Waals surface area contributed by atoms with Crippen molar-refractivity contribution in [1.29, 1.82) is 0 Å². The van der Waals surface area contributed by atoms with E-state index in [1.54, 1.807) is 24.3 Å². The van der Waals surface area contributed by atoms with E-state index in [4.69, 9.17) is 5.11 Å². The molecule has 2 aromatic carbocycles. The first kappa shape index (κ1) is 17.8. The zero-order valence-electron chi connectivity index (χ0n) is 14.8. The van der Waals surface area contributed by atoms with Crippen molar-refractivity contribution in [1.82, 2.24) is 10.2 Å². The van der Waals surface area contributed by atoms with Gasteiger partial charge in [-0.2, -0.15) is 0 Å². The highest BCUT2D eigenvalue weighted by atomic mass is 16.4. The predicted octanol–water partition coefficient (Wildman–Crippen LogP) is 2.73. The molecule has 0 spiro atoms. The summed E-state index contributed by atoms with van der Waals surface area (Å²) in [6, 6.07) is 14.7. The number of urea groups is 1. The van der Waals surface area contributed by atoms with Gasteiger partial charge in [0, 0.05) is 38.4 Å². The Morgan fingerprint density at radius 2 is 1.65 bits per heavy atom. The summed E-state index contributed by atoms with van der Waals surface area (Å²) in [7, 11) is 0. The topological polar surface area (TPSA) is 72.9 Å². The lowest BCUT2D eigenvalue weighted by Gasteiger charge is -2.36. The number of aryl methyl sites for hydroxylation is 1. The van der Waals surface area contributed by atoms with Crippen molar-refractivity contribution in [3.8, 4) is 0 Å². The molecule has 6 nitrogen and oxygen atoms in total. The summed E-state index contributed by atoms with van der Waals surface area (Å²) >= 11 is 0. The van der Waals surface area contributed by atoms with Gasteiger partial charge < -0.3 is 20.2 Å². The number of piperazine rings is 1. The van der Waals surface area contributed by atoms with Gasteiger partial charge >= 0.3 is 12.0 Å². The van der Waals surface area contributed by atoms with Crippen LogP contribution < -0.4 is 10.2 Å². The largest absolute Gasteiger partial charge is 0.478 e. The van der Waals surface area contributed by atoms with Crippen molar-refractivity contribution in [2.45, 2.75) is 13.5 Å². The standard InChI is InChI=1S/C20H23N3O3/c1-15-4-2-3-5-18(15)22-10-12-23(13-11-22)20(26)21-14-16-6-8-17(9-7-16)19(24)25/h2-9H,10-14H2,1H3,(H,21,26)(H,24,25). The van der Waals surface area contributed by atoms with E-state index in [0.717, 1.165) is 18.7 Å². The summed E-state index contributed by atoms with van der Waals surface area (Å²) in [4.78, 5) is 27.3. The van der Waals surface area contributed by atoms with Crippen molar-refractivity contribution in [3.05, 3.63) is 65.2 Å². The molecule has 0 aromatic heterocycles. The summed E-state index contributed by atoms with van der Waals surface area (Å²) in [6.45, 7) is 5.47. The zero-order valence-corrected chi connectivity index (χ0v) is 14.8. The van der Waals surface area contributed by atoms with Crippen LogP contribution in [-0.4, -0.2) is 48.2 Å². The van der Waals surface area contributed by atoms with Gasteiger partial charge in [-0.3, -0.25) is 0 Å². The molecule has 136 valence electrons. The number of benzene rings is 2. The Labute approximate surface area is 153 Å². The number of carboxylic acids is 1. The molecule has 0 unspecified atom stereocenters. The maximum Gasteiger partial charge on any atom is 0.335 e. The lowest BCUT2D eigenvalue weighted by molar-refractivity contribution is 0.0697. The zero-order chi connectivity index (χ0) is 18.5. The average Bonchev–Trinajstić information content (AvgIpc) is 2.67. The lowest BCUT2D eigenvalue weighted by atomic mass is 10.1. The van der Waals surface area contributed by atoms with Gasteiger partial charge in [-0.1, -0.05) is 30.3 Å². The molecule has 1 heterocycles. The van der Waals surface area contributed by atoms with Crippen LogP contribution in [-0.2, 0) is 6.54 Å². The van der Waals surface area contributed by atoms with Gasteiger partial charge in [0.25, 0.3) is 0 Å². The van der Waals surface area contributed by atoms with Crippen LogP contribution in [0.1, 0.15) is 21.5 Å². The molecule has 1 aliphatic rings. The minimum absolute atomic E-state index is 0.0863. The number of nitrogens with one attached hydrogen (secondary N) is 1. The summed E-state index contributed by atoms with van der Waals surface area (Å²) in [6.07, 6.45) is 0. The minimum Gasteiger partial charge on any atom is -0.478 e. The van der Waals surface area contributed by atoms with Crippen LogP contribution in [0.5, 0.6) is 0 Å². The molecule has 2 amide bonds. The smallest absolute Gasteiger partial charge is 0.335 e. The molecular formula is C20H23N3O3. The number of hydrogen-bond donors (Lipinski definition) is 2. The Hall–Kier alpha value is -3.02. The molecule has 0 radical (unpaired) electrons. The third-order valence-corrected chi connectivity index (χ3v) is 4.67. The maximum absolute atomic E-state index is 12.4. The normalized spacial score (nSPS) is 14.2. The highest BCUT2D eigenvalue weighted by Gasteiger charge is 2.21. The molecule has 0 aliphatic carbocycles. The molecule has 1 saturated heterocycles. The van der Waals surface area contributed by atoms with Gasteiger partial charge in [-0.15, -0.1) is 0 Å². The average molecular weight is 353 g/mol. The number of anilines is 1. The molecule has 3 rings (SSSR count). The Morgan fingerprint density at radius 3 is 2.27 bits per heavy atom. The number of nitrogens with zero attached hydrogens (tertiary/aromatic N) is 2. The molecule has 26 heavy (non-hydrogen) atoms. The van der Waals surface area contributed by atoms with Crippen molar-refractivity contribution in [2.24, 2.45) is 0 Å². The number of aromatic carboxylic acids is 1. The van der Waals surface area contributed by atoms with Crippen LogP contribution in [0, 0.1) is 6.92 Å². The Kier molecular flexibility index (Phi) is 5.41. The van der Waals surface area contributed by atoms with Gasteiger partial charge in [-0.05, 0) is 36.2 Å². The van der Waals surface area contributed by atoms with Crippen LogP contribution in [0.4, 0.5) is 10.5 Å². The third kappa shape index (κ3) is 4.14. The number of hydrogen-bond acceptors (Lipinski definition) is 3. The first-order valence-electron chi connectivity index (χ1n) is 8.70. The number of para-hydroxylation sites is 1. The van der Waals surface area contributed by atoms with E-state index < -0.39 is 5.97 Å². The number of rotatable bonds is 4. The Morgan fingerprint density at radius 1 is 1.00 bits per heavy atom. The third-order valence-electron chi connectivity index (χ3n) is 4.67. The molecule has 1 aliphatic heterocycles. The van der Waals surface area contributed by atoms with Gasteiger partial charge in [0.1, 0.15) is 0 Å². The van der Waals surface area contributed by atoms with Gasteiger partial charge in [0.15, 0.2) is 0 Å². The van der Waals surface area contributed by atoms with Crippen LogP contribution in [0.3, 0.4) is 0 Å². The van der Waals surface area contributed by atoms with Crippen LogP contribution in [0.15, 0.2) is 48.5 Å². The van der Waals surface area contributed by atoms with E-state index in [-0.39, 0.29) is 11.6 Å². The second kappa shape index (κ2) is 7.91. The number of carbonyl (C=O) groups is 2. The fourth-order valence-electron chi connectivity index (χ4n) is 3.12. The molecule has 2 aromatic rings. The molecular weight excluding hydrogens is 330 g/mol. The highest BCUT2D eigenvalue weighted by Crippen LogP contribution is 2.20. The fourth-order valence-corrected chi connectivity index (χ4v) is 3.12. The molecule has 6 heteroatoms. The van der Waals surface area contributed by atoms with Crippen molar-refractivity contribution < 1.29 is 14.7 Å². The Bertz CT molecular complexity index is 781. The quantitative estimate of drug-likeness (QED) is 0.886. The molecule has 0 saturated carbocycles. The predicted molar refractivity (Wildman–Crippen MR) is 101 cm³/mol. The fraction of sp³-hybridized carbons (Fsp3) is 0.300. The second-order valence-corrected chi connectivity index (χ2v) is 6.42. The van der Waals surface area contributed by atoms with E-state index in [9.17, 15) is 9.59 Å². The molecule has 0 bridgehead atoms. The first-order chi connectivity index (χ1) is 12.5. The summed E-state index contributed by atoms with van der Waals surface area (Å²) in [5, 5.41) is 11.8. The monoisotopic (exact) mass is 353 g/mol. The van der Waals surface area contributed by atoms with Gasteiger partial charge in [0.2, 0.25) is 0 Å². The summed E-state index contributed by atoms with van der Waals surface area (Å²) in [5.74, 6) is -0.952. The van der Waals surface area contributed by atoms with E-state index in [2.05, 4.69) is 29.3 Å². The lowest BCUT2D eigenvalue weighted by Crippen LogP contribution is -2.51. The molecule has 2 N–H and O–H groups in total. The van der Waals surface area contributed by atoms with Crippen molar-refractivity contribution in [3.63, 3.8) is 0 Å². The van der Waals surface area contributed by atoms with Gasteiger partial charge in [0.05, 0.1) is 5.56 Å². The van der Waals surface area contributed by atoms with Crippen LogP contribution in [0.2, 0.25) is 0 Å². The maximum atomic E-state index is 12.4. The van der Waals surface area contributed by atoms with Crippen LogP contribution >= 0.6 is 0 Å². The number of amides is 2. The second-order valence-electron chi connectivity index (χ2n) is 6.42. The van der Waals surface area contributed by atoms with E-state index in [1.807, 2.05) is 17.0 Å². The Balaban J connectivity index is 1.49. The van der Waals surface area contributed by atoms with E-state index in [0.29, 0.717) is 19.6 Å². The van der Waals surface area contributed by atoms with Gasteiger partial charge in [-0.25, -0.2) is 9.59 Å². The van der Waals surface area contributed by atoms with E-state index in [1.165, 1.54) is 11.3 Å². The number of carbonyl (C=O) groups excluding carboxylic acids is 1. The number of carboxylic acid groups (broad SMARTS) is 1. The summed E-state index contributed by atoms with van der Waals surface area (Å²) in [5.41, 5.74) is 3.59. The first-order valence-corrected chi connectivity index (χ1v) is 8.70. The highest BCUT2D eigenvalue weighted by molar-refractivity contribution is 5.87. The SMILES string of the molecule is Cc1ccccc1N1CCN(C(=O)NCc2ccc(C(=O)O)cc2)CC1. The van der Waals surface area contributed by atoms with Crippen LogP contribution in [0.25, 0.3) is 0 Å².